The predicted molar refractivity (Wildman–Crippen MR) is 70.5 cm³/mol. The number of aromatic nitrogens is 2. The van der Waals surface area contributed by atoms with E-state index in [2.05, 4.69) is 18.9 Å². The molecule has 0 spiro atoms. The first kappa shape index (κ1) is 12.4. The summed E-state index contributed by atoms with van der Waals surface area (Å²) in [5.74, 6) is 0.132. The zero-order valence-corrected chi connectivity index (χ0v) is 11.1. The second kappa shape index (κ2) is 4.78. The molecule has 0 N–H and O–H groups in total. The van der Waals surface area contributed by atoms with Crippen molar-refractivity contribution in [3.63, 3.8) is 0 Å². The maximum absolute atomic E-state index is 13.9. The molecule has 1 aliphatic heterocycles. The molecule has 0 saturated carbocycles. The third-order valence-electron chi connectivity index (χ3n) is 3.47. The third-order valence-corrected chi connectivity index (χ3v) is 3.47. The number of rotatable bonds is 2. The van der Waals surface area contributed by atoms with E-state index in [4.69, 9.17) is 4.74 Å². The highest BCUT2D eigenvalue weighted by Crippen LogP contribution is 2.32. The van der Waals surface area contributed by atoms with Gasteiger partial charge in [0.2, 0.25) is 0 Å². The van der Waals surface area contributed by atoms with Gasteiger partial charge >= 0.3 is 0 Å². The summed E-state index contributed by atoms with van der Waals surface area (Å²) < 4.78 is 21.6. The zero-order chi connectivity index (χ0) is 13.4. The van der Waals surface area contributed by atoms with Gasteiger partial charge in [-0.1, -0.05) is 32.0 Å². The van der Waals surface area contributed by atoms with Crippen LogP contribution in [-0.4, -0.2) is 16.4 Å². The molecule has 2 aromatic rings. The summed E-state index contributed by atoms with van der Waals surface area (Å²) in [6.45, 7) is 5.50. The van der Waals surface area contributed by atoms with Crippen LogP contribution in [0.4, 0.5) is 4.39 Å². The molecule has 19 heavy (non-hydrogen) atoms. The lowest BCUT2D eigenvalue weighted by molar-refractivity contribution is 0.0401. The van der Waals surface area contributed by atoms with E-state index >= 15 is 0 Å². The van der Waals surface area contributed by atoms with E-state index in [0.29, 0.717) is 18.1 Å². The fourth-order valence-electron chi connectivity index (χ4n) is 2.40. The maximum atomic E-state index is 13.9. The lowest BCUT2D eigenvalue weighted by atomic mass is 10.0. The molecule has 1 aromatic carbocycles. The number of nitrogens with zero attached hydrogens (tertiary/aromatic N) is 2. The van der Waals surface area contributed by atoms with Crippen molar-refractivity contribution in [1.82, 2.24) is 9.78 Å². The highest BCUT2D eigenvalue weighted by Gasteiger charge is 2.27. The molecular weight excluding hydrogens is 243 g/mol. The van der Waals surface area contributed by atoms with Gasteiger partial charge in [-0.15, -0.1) is 0 Å². The Kier molecular flexibility index (Phi) is 3.11. The Hall–Kier alpha value is -1.68. The van der Waals surface area contributed by atoms with E-state index in [1.807, 2.05) is 16.8 Å². The van der Waals surface area contributed by atoms with Gasteiger partial charge in [-0.3, -0.25) is 4.68 Å². The fraction of sp³-hybridized carbons (Fsp3) is 0.400. The number of benzene rings is 1. The second-order valence-electron chi connectivity index (χ2n) is 5.14. The van der Waals surface area contributed by atoms with Crippen molar-refractivity contribution in [2.75, 3.05) is 6.61 Å². The van der Waals surface area contributed by atoms with Crippen LogP contribution in [0, 0.1) is 5.82 Å². The molecule has 0 saturated heterocycles. The molecular formula is C15H17FN2O. The van der Waals surface area contributed by atoms with Gasteiger partial charge in [0.25, 0.3) is 0 Å². The van der Waals surface area contributed by atoms with E-state index in [0.717, 1.165) is 17.9 Å². The van der Waals surface area contributed by atoms with Crippen LogP contribution in [0.15, 0.2) is 30.3 Å². The summed E-state index contributed by atoms with van der Waals surface area (Å²) in [4.78, 5) is 0. The minimum absolute atomic E-state index is 0.228. The van der Waals surface area contributed by atoms with Crippen molar-refractivity contribution in [1.29, 1.82) is 0 Å². The van der Waals surface area contributed by atoms with Crippen LogP contribution in [0.1, 0.15) is 42.8 Å². The van der Waals surface area contributed by atoms with Crippen molar-refractivity contribution in [2.24, 2.45) is 0 Å². The molecule has 3 rings (SSSR count). The Morgan fingerprint density at radius 1 is 1.37 bits per heavy atom. The van der Waals surface area contributed by atoms with Gasteiger partial charge in [0, 0.05) is 5.56 Å². The normalized spacial score (nSPS) is 18.6. The van der Waals surface area contributed by atoms with Crippen LogP contribution in [0.25, 0.3) is 0 Å². The lowest BCUT2D eigenvalue weighted by Gasteiger charge is -2.24. The predicted octanol–water partition coefficient (Wildman–Crippen LogP) is 3.27. The number of halogens is 1. The highest BCUT2D eigenvalue weighted by atomic mass is 19.1. The largest absolute Gasteiger partial charge is 0.365 e. The third kappa shape index (κ3) is 2.16. The van der Waals surface area contributed by atoms with Crippen molar-refractivity contribution in [3.05, 3.63) is 53.1 Å². The number of hydrogen-bond donors (Lipinski definition) is 0. The highest BCUT2D eigenvalue weighted by molar-refractivity contribution is 5.30. The number of hydrogen-bond acceptors (Lipinski definition) is 2. The Morgan fingerprint density at radius 3 is 2.89 bits per heavy atom. The molecule has 4 heteroatoms. The van der Waals surface area contributed by atoms with Gasteiger partial charge in [0.15, 0.2) is 0 Å². The van der Waals surface area contributed by atoms with Gasteiger partial charge in [-0.05, 0) is 18.1 Å². The first-order valence-electron chi connectivity index (χ1n) is 6.60. The second-order valence-corrected chi connectivity index (χ2v) is 5.14. The molecule has 2 heterocycles. The molecule has 3 nitrogen and oxygen atoms in total. The molecule has 1 unspecified atom stereocenters. The van der Waals surface area contributed by atoms with Crippen molar-refractivity contribution in [2.45, 2.75) is 32.4 Å². The molecule has 0 amide bonds. The van der Waals surface area contributed by atoms with Crippen LogP contribution in [0.5, 0.6) is 0 Å². The quantitative estimate of drug-likeness (QED) is 0.828. The Morgan fingerprint density at radius 2 is 2.16 bits per heavy atom. The monoisotopic (exact) mass is 260 g/mol. The van der Waals surface area contributed by atoms with E-state index in [-0.39, 0.29) is 11.9 Å². The van der Waals surface area contributed by atoms with Crippen molar-refractivity contribution >= 4 is 0 Å². The minimum atomic E-state index is -0.352. The molecule has 1 aromatic heterocycles. The average Bonchev–Trinajstić information content (AvgIpc) is 2.83. The van der Waals surface area contributed by atoms with Gasteiger partial charge < -0.3 is 4.74 Å². The van der Waals surface area contributed by atoms with Gasteiger partial charge in [-0.2, -0.15) is 5.10 Å². The van der Waals surface area contributed by atoms with Crippen molar-refractivity contribution < 1.29 is 9.13 Å². The standard InChI is InChI=1S/C15H17FN2O/c1-10(2)13-9-14-15(19-8-7-18(14)17-13)11-5-3-4-6-12(11)16/h3-6,9-10,15H,7-8H2,1-2H3. The Bertz CT molecular complexity index is 592. The fourth-order valence-corrected chi connectivity index (χ4v) is 2.40. The SMILES string of the molecule is CC(C)c1cc2n(n1)CCOC2c1ccccc1F. The molecule has 0 aliphatic carbocycles. The first-order chi connectivity index (χ1) is 9.16. The van der Waals surface area contributed by atoms with E-state index in [1.165, 1.54) is 6.07 Å². The number of fused-ring (bicyclic) bond motifs is 1. The molecule has 1 aliphatic rings. The average molecular weight is 260 g/mol. The molecule has 1 atom stereocenters. The Labute approximate surface area is 112 Å². The van der Waals surface area contributed by atoms with Gasteiger partial charge in [0.05, 0.1) is 24.5 Å². The molecule has 0 radical (unpaired) electrons. The van der Waals surface area contributed by atoms with Crippen LogP contribution in [0.3, 0.4) is 0 Å². The lowest BCUT2D eigenvalue weighted by Crippen LogP contribution is -2.23. The van der Waals surface area contributed by atoms with Crippen LogP contribution in [-0.2, 0) is 11.3 Å². The molecule has 0 bridgehead atoms. The summed E-state index contributed by atoms with van der Waals surface area (Å²) in [6.07, 6.45) is -0.352. The van der Waals surface area contributed by atoms with E-state index < -0.39 is 0 Å². The van der Waals surface area contributed by atoms with Crippen LogP contribution >= 0.6 is 0 Å². The van der Waals surface area contributed by atoms with Crippen molar-refractivity contribution in [3.8, 4) is 0 Å². The summed E-state index contributed by atoms with van der Waals surface area (Å²) in [5.41, 5.74) is 2.56. The van der Waals surface area contributed by atoms with Gasteiger partial charge in [0.1, 0.15) is 11.9 Å². The van der Waals surface area contributed by atoms with Crippen LogP contribution < -0.4 is 0 Å². The summed E-state index contributed by atoms with van der Waals surface area (Å²) in [5, 5.41) is 4.57. The minimum Gasteiger partial charge on any atom is -0.365 e. The van der Waals surface area contributed by atoms with E-state index in [9.17, 15) is 4.39 Å². The van der Waals surface area contributed by atoms with Crippen LogP contribution in [0.2, 0.25) is 0 Å². The Balaban J connectivity index is 2.05. The maximum Gasteiger partial charge on any atom is 0.129 e. The summed E-state index contributed by atoms with van der Waals surface area (Å²) in [7, 11) is 0. The summed E-state index contributed by atoms with van der Waals surface area (Å²) in [6, 6.07) is 8.80. The zero-order valence-electron chi connectivity index (χ0n) is 11.1. The first-order valence-corrected chi connectivity index (χ1v) is 6.60. The molecule has 0 fully saturated rings. The van der Waals surface area contributed by atoms with Gasteiger partial charge in [-0.25, -0.2) is 4.39 Å². The van der Waals surface area contributed by atoms with E-state index in [1.54, 1.807) is 12.1 Å². The summed E-state index contributed by atoms with van der Waals surface area (Å²) >= 11 is 0. The topological polar surface area (TPSA) is 27.1 Å². The molecule has 100 valence electrons. The number of ether oxygens (including phenoxy) is 1. The smallest absolute Gasteiger partial charge is 0.129 e.